The summed E-state index contributed by atoms with van der Waals surface area (Å²) in [5.74, 6) is 0.861. The van der Waals surface area contributed by atoms with Crippen molar-refractivity contribution in [3.63, 3.8) is 0 Å². The zero-order valence-electron chi connectivity index (χ0n) is 11.6. The van der Waals surface area contributed by atoms with Gasteiger partial charge in [-0.05, 0) is 31.2 Å². The standard InChI is InChI=1S/C13H23N3OS.HI/c1-3-17-9-5-4-8-15-13(14-2)16-11-12-7-6-10-18-12;/h6-7,10H,3-5,8-9,11H2,1-2H3,(H2,14,15,16);1H. The number of hydrogen-bond donors (Lipinski definition) is 2. The van der Waals surface area contributed by atoms with Crippen LogP contribution in [0.25, 0.3) is 0 Å². The van der Waals surface area contributed by atoms with Gasteiger partial charge >= 0.3 is 0 Å². The summed E-state index contributed by atoms with van der Waals surface area (Å²) in [6.45, 7) is 5.43. The maximum absolute atomic E-state index is 5.29. The summed E-state index contributed by atoms with van der Waals surface area (Å²) in [4.78, 5) is 5.50. The summed E-state index contributed by atoms with van der Waals surface area (Å²) >= 11 is 1.75. The summed E-state index contributed by atoms with van der Waals surface area (Å²) in [6.07, 6.45) is 2.18. The van der Waals surface area contributed by atoms with Crippen LogP contribution in [-0.2, 0) is 11.3 Å². The third-order valence-electron chi connectivity index (χ3n) is 2.45. The minimum atomic E-state index is 0. The van der Waals surface area contributed by atoms with Crippen LogP contribution in [0.5, 0.6) is 0 Å². The minimum absolute atomic E-state index is 0. The van der Waals surface area contributed by atoms with Crippen molar-refractivity contribution in [1.82, 2.24) is 10.6 Å². The third kappa shape index (κ3) is 9.23. The van der Waals surface area contributed by atoms with Gasteiger partial charge in [0.2, 0.25) is 0 Å². The number of hydrogen-bond acceptors (Lipinski definition) is 3. The largest absolute Gasteiger partial charge is 0.382 e. The average molecular weight is 397 g/mol. The Morgan fingerprint density at radius 3 is 2.84 bits per heavy atom. The highest BCUT2D eigenvalue weighted by Gasteiger charge is 1.98. The number of guanidine groups is 1. The topological polar surface area (TPSA) is 45.6 Å². The monoisotopic (exact) mass is 397 g/mol. The Morgan fingerprint density at radius 2 is 2.21 bits per heavy atom. The first-order valence-electron chi connectivity index (χ1n) is 6.41. The molecule has 1 heterocycles. The molecule has 0 bridgehead atoms. The Balaban J connectivity index is 0.00000324. The highest BCUT2D eigenvalue weighted by atomic mass is 127. The predicted molar refractivity (Wildman–Crippen MR) is 93.7 cm³/mol. The van der Waals surface area contributed by atoms with Crippen LogP contribution in [0.1, 0.15) is 24.6 Å². The van der Waals surface area contributed by atoms with Crippen LogP contribution in [0, 0.1) is 0 Å². The molecule has 0 fully saturated rings. The SMILES string of the molecule is CCOCCCCNC(=NC)NCc1cccs1.I. The van der Waals surface area contributed by atoms with Gasteiger partial charge in [0, 0.05) is 31.7 Å². The van der Waals surface area contributed by atoms with Gasteiger partial charge in [-0.3, -0.25) is 4.99 Å². The summed E-state index contributed by atoms with van der Waals surface area (Å²) in [5.41, 5.74) is 0. The smallest absolute Gasteiger partial charge is 0.191 e. The molecular weight excluding hydrogens is 373 g/mol. The van der Waals surface area contributed by atoms with Crippen molar-refractivity contribution in [2.75, 3.05) is 26.8 Å². The van der Waals surface area contributed by atoms with Crippen molar-refractivity contribution < 1.29 is 4.74 Å². The fraction of sp³-hybridized carbons (Fsp3) is 0.615. The molecule has 0 amide bonds. The first-order valence-corrected chi connectivity index (χ1v) is 7.29. The van der Waals surface area contributed by atoms with E-state index in [9.17, 15) is 0 Å². The fourth-order valence-electron chi connectivity index (χ4n) is 1.48. The molecular formula is C13H24IN3OS. The van der Waals surface area contributed by atoms with Crippen molar-refractivity contribution in [2.24, 2.45) is 4.99 Å². The molecule has 0 radical (unpaired) electrons. The van der Waals surface area contributed by atoms with Crippen LogP contribution >= 0.6 is 35.3 Å². The molecule has 1 aromatic heterocycles. The summed E-state index contributed by atoms with van der Waals surface area (Å²) in [6, 6.07) is 4.18. The molecule has 19 heavy (non-hydrogen) atoms. The van der Waals surface area contributed by atoms with E-state index in [4.69, 9.17) is 4.74 Å². The Bertz CT molecular complexity index is 331. The van der Waals surface area contributed by atoms with Crippen LogP contribution in [-0.4, -0.2) is 32.8 Å². The molecule has 0 saturated heterocycles. The van der Waals surface area contributed by atoms with Crippen molar-refractivity contribution in [2.45, 2.75) is 26.3 Å². The molecule has 0 aliphatic rings. The lowest BCUT2D eigenvalue weighted by molar-refractivity contribution is 0.143. The first-order chi connectivity index (χ1) is 8.86. The predicted octanol–water partition coefficient (Wildman–Crippen LogP) is 2.85. The molecule has 0 aliphatic carbocycles. The lowest BCUT2D eigenvalue weighted by atomic mass is 10.3. The molecule has 2 N–H and O–H groups in total. The van der Waals surface area contributed by atoms with Gasteiger partial charge in [-0.15, -0.1) is 35.3 Å². The lowest BCUT2D eigenvalue weighted by Gasteiger charge is -2.11. The molecule has 0 unspecified atom stereocenters. The first kappa shape index (κ1) is 18.7. The number of nitrogens with zero attached hydrogens (tertiary/aromatic N) is 1. The summed E-state index contributed by atoms with van der Waals surface area (Å²) < 4.78 is 5.29. The Hall–Kier alpha value is -0.340. The number of halogens is 1. The van der Waals surface area contributed by atoms with Crippen LogP contribution in [0.2, 0.25) is 0 Å². The van der Waals surface area contributed by atoms with Gasteiger partial charge in [0.05, 0.1) is 6.54 Å². The second kappa shape index (κ2) is 12.7. The molecule has 0 saturated carbocycles. The van der Waals surface area contributed by atoms with Crippen molar-refractivity contribution in [3.05, 3.63) is 22.4 Å². The van der Waals surface area contributed by atoms with Gasteiger partial charge in [0.25, 0.3) is 0 Å². The van der Waals surface area contributed by atoms with Crippen LogP contribution in [0.15, 0.2) is 22.5 Å². The van der Waals surface area contributed by atoms with Crippen molar-refractivity contribution in [3.8, 4) is 0 Å². The van der Waals surface area contributed by atoms with E-state index in [0.717, 1.165) is 45.1 Å². The van der Waals surface area contributed by atoms with E-state index in [1.54, 1.807) is 18.4 Å². The zero-order chi connectivity index (χ0) is 13.1. The Labute approximate surface area is 137 Å². The van der Waals surface area contributed by atoms with Crippen molar-refractivity contribution >= 4 is 41.3 Å². The molecule has 6 heteroatoms. The van der Waals surface area contributed by atoms with Gasteiger partial charge in [0.1, 0.15) is 0 Å². The highest BCUT2D eigenvalue weighted by molar-refractivity contribution is 14.0. The van der Waals surface area contributed by atoms with E-state index in [-0.39, 0.29) is 24.0 Å². The van der Waals surface area contributed by atoms with Gasteiger partial charge < -0.3 is 15.4 Å². The highest BCUT2D eigenvalue weighted by Crippen LogP contribution is 2.06. The van der Waals surface area contributed by atoms with Crippen LogP contribution in [0.4, 0.5) is 0 Å². The molecule has 1 aromatic rings. The van der Waals surface area contributed by atoms with Crippen molar-refractivity contribution in [1.29, 1.82) is 0 Å². The Kier molecular flexibility index (Phi) is 12.5. The van der Waals surface area contributed by atoms with Gasteiger partial charge in [-0.2, -0.15) is 0 Å². The average Bonchev–Trinajstić information content (AvgIpc) is 2.90. The molecule has 0 aliphatic heterocycles. The lowest BCUT2D eigenvalue weighted by Crippen LogP contribution is -2.37. The number of aliphatic imine (C=N–C) groups is 1. The minimum Gasteiger partial charge on any atom is -0.382 e. The second-order valence-electron chi connectivity index (χ2n) is 3.84. The van der Waals surface area contributed by atoms with E-state index < -0.39 is 0 Å². The van der Waals surface area contributed by atoms with Gasteiger partial charge in [0.15, 0.2) is 5.96 Å². The van der Waals surface area contributed by atoms with E-state index in [2.05, 4.69) is 33.1 Å². The molecule has 0 aromatic carbocycles. The number of rotatable bonds is 8. The number of thiophene rings is 1. The summed E-state index contributed by atoms with van der Waals surface area (Å²) in [5, 5.41) is 8.67. The van der Waals surface area contributed by atoms with Crippen LogP contribution in [0.3, 0.4) is 0 Å². The van der Waals surface area contributed by atoms with E-state index in [1.165, 1.54) is 4.88 Å². The van der Waals surface area contributed by atoms with E-state index >= 15 is 0 Å². The molecule has 0 atom stereocenters. The molecule has 4 nitrogen and oxygen atoms in total. The number of ether oxygens (including phenoxy) is 1. The Morgan fingerprint density at radius 1 is 1.37 bits per heavy atom. The van der Waals surface area contributed by atoms with E-state index in [0.29, 0.717) is 0 Å². The quantitative estimate of drug-likeness (QED) is 0.307. The maximum Gasteiger partial charge on any atom is 0.191 e. The van der Waals surface area contributed by atoms with Gasteiger partial charge in [-0.1, -0.05) is 6.07 Å². The maximum atomic E-state index is 5.29. The molecule has 0 spiro atoms. The van der Waals surface area contributed by atoms with Gasteiger partial charge in [-0.25, -0.2) is 0 Å². The number of nitrogens with one attached hydrogen (secondary N) is 2. The number of unbranched alkanes of at least 4 members (excludes halogenated alkanes) is 1. The van der Waals surface area contributed by atoms with Crippen LogP contribution < -0.4 is 10.6 Å². The van der Waals surface area contributed by atoms with E-state index in [1.807, 2.05) is 6.92 Å². The fourth-order valence-corrected chi connectivity index (χ4v) is 2.13. The molecule has 110 valence electrons. The summed E-state index contributed by atoms with van der Waals surface area (Å²) in [7, 11) is 1.80. The second-order valence-corrected chi connectivity index (χ2v) is 4.87. The third-order valence-corrected chi connectivity index (χ3v) is 3.32. The normalized spacial score (nSPS) is 10.9. The molecule has 1 rings (SSSR count). The zero-order valence-corrected chi connectivity index (χ0v) is 14.8.